The maximum atomic E-state index is 14.3. The number of alkyl halides is 3. The highest BCUT2D eigenvalue weighted by Crippen LogP contribution is 2.39. The second kappa shape index (κ2) is 6.68. The van der Waals surface area contributed by atoms with Gasteiger partial charge in [0.05, 0.1) is 22.5 Å². The summed E-state index contributed by atoms with van der Waals surface area (Å²) in [5.74, 6) is -3.37. The topological polar surface area (TPSA) is 25.8 Å². The standard InChI is InChI=1S/C19H12F6N2/c1-9-16(11-3-5-12(6-4-11)19(23,24)25)17(10(2)27-26-9)18-14(21)7-13(20)8-15(18)22/h3-8H,1-2H3. The lowest BCUT2D eigenvalue weighted by atomic mass is 9.91. The molecule has 0 aliphatic heterocycles. The molecule has 0 radical (unpaired) electrons. The third kappa shape index (κ3) is 3.51. The molecule has 0 spiro atoms. The van der Waals surface area contributed by atoms with Crippen molar-refractivity contribution in [2.45, 2.75) is 20.0 Å². The number of aryl methyl sites for hydroxylation is 2. The lowest BCUT2D eigenvalue weighted by molar-refractivity contribution is -0.137. The Morgan fingerprint density at radius 2 is 1.19 bits per heavy atom. The molecule has 0 aliphatic rings. The van der Waals surface area contributed by atoms with Crippen LogP contribution in [0.5, 0.6) is 0 Å². The highest BCUT2D eigenvalue weighted by molar-refractivity contribution is 5.86. The van der Waals surface area contributed by atoms with Crippen LogP contribution < -0.4 is 0 Å². The Balaban J connectivity index is 2.29. The van der Waals surface area contributed by atoms with E-state index in [1.54, 1.807) is 0 Å². The van der Waals surface area contributed by atoms with Gasteiger partial charge in [-0.15, -0.1) is 0 Å². The molecule has 3 rings (SSSR count). The van der Waals surface area contributed by atoms with Gasteiger partial charge in [-0.2, -0.15) is 23.4 Å². The summed E-state index contributed by atoms with van der Waals surface area (Å²) in [6.45, 7) is 2.97. The summed E-state index contributed by atoms with van der Waals surface area (Å²) in [7, 11) is 0. The fourth-order valence-corrected chi connectivity index (χ4v) is 2.88. The van der Waals surface area contributed by atoms with Crippen molar-refractivity contribution in [3.8, 4) is 22.3 Å². The third-order valence-electron chi connectivity index (χ3n) is 4.08. The third-order valence-corrected chi connectivity index (χ3v) is 4.08. The van der Waals surface area contributed by atoms with E-state index < -0.39 is 34.8 Å². The molecule has 1 aromatic heterocycles. The van der Waals surface area contributed by atoms with Crippen molar-refractivity contribution in [1.29, 1.82) is 0 Å². The maximum Gasteiger partial charge on any atom is 0.416 e. The number of rotatable bonds is 2. The fourth-order valence-electron chi connectivity index (χ4n) is 2.88. The van der Waals surface area contributed by atoms with Gasteiger partial charge >= 0.3 is 6.18 Å². The Bertz CT molecular complexity index is 987. The van der Waals surface area contributed by atoms with Crippen molar-refractivity contribution in [3.63, 3.8) is 0 Å². The van der Waals surface area contributed by atoms with Crippen molar-refractivity contribution in [2.24, 2.45) is 0 Å². The molecule has 8 heteroatoms. The molecule has 0 atom stereocenters. The van der Waals surface area contributed by atoms with Gasteiger partial charge in [0.15, 0.2) is 0 Å². The molecule has 0 N–H and O–H groups in total. The Labute approximate surface area is 150 Å². The summed E-state index contributed by atoms with van der Waals surface area (Å²) >= 11 is 0. The van der Waals surface area contributed by atoms with Crippen LogP contribution in [0.15, 0.2) is 36.4 Å². The molecule has 0 aliphatic carbocycles. The first-order valence-corrected chi connectivity index (χ1v) is 7.76. The summed E-state index contributed by atoms with van der Waals surface area (Å²) in [6, 6.07) is 5.18. The van der Waals surface area contributed by atoms with Crippen LogP contribution in [0.25, 0.3) is 22.3 Å². The Morgan fingerprint density at radius 1 is 0.704 bits per heavy atom. The van der Waals surface area contributed by atoms with Gasteiger partial charge < -0.3 is 0 Å². The number of benzene rings is 2. The van der Waals surface area contributed by atoms with E-state index >= 15 is 0 Å². The number of aromatic nitrogens is 2. The average Bonchev–Trinajstić information content (AvgIpc) is 2.56. The molecule has 0 fully saturated rings. The Morgan fingerprint density at radius 3 is 1.67 bits per heavy atom. The summed E-state index contributed by atoms with van der Waals surface area (Å²) < 4.78 is 80.4. The van der Waals surface area contributed by atoms with Crippen LogP contribution in [0.4, 0.5) is 26.3 Å². The van der Waals surface area contributed by atoms with E-state index in [4.69, 9.17) is 0 Å². The van der Waals surface area contributed by atoms with Gasteiger partial charge in [-0.25, -0.2) is 13.2 Å². The van der Waals surface area contributed by atoms with Crippen LogP contribution in [-0.4, -0.2) is 10.2 Å². The van der Waals surface area contributed by atoms with Crippen LogP contribution in [0.3, 0.4) is 0 Å². The maximum absolute atomic E-state index is 14.3. The number of hydrogen-bond acceptors (Lipinski definition) is 2. The van der Waals surface area contributed by atoms with Gasteiger partial charge in [-0.1, -0.05) is 12.1 Å². The molecule has 1 heterocycles. The zero-order valence-electron chi connectivity index (χ0n) is 14.1. The zero-order chi connectivity index (χ0) is 19.9. The molecule has 27 heavy (non-hydrogen) atoms. The van der Waals surface area contributed by atoms with Crippen molar-refractivity contribution in [2.75, 3.05) is 0 Å². The number of halogens is 6. The van der Waals surface area contributed by atoms with Crippen molar-refractivity contribution in [3.05, 3.63) is 70.8 Å². The van der Waals surface area contributed by atoms with Gasteiger partial charge in [0.2, 0.25) is 0 Å². The summed E-state index contributed by atoms with van der Waals surface area (Å²) in [5.41, 5.74) is -0.446. The molecular formula is C19H12F6N2. The van der Waals surface area contributed by atoms with Gasteiger partial charge in [-0.05, 0) is 31.5 Å². The van der Waals surface area contributed by atoms with Crippen LogP contribution in [0, 0.1) is 31.3 Å². The molecule has 0 amide bonds. The molecule has 0 bridgehead atoms. The van der Waals surface area contributed by atoms with Crippen molar-refractivity contribution >= 4 is 0 Å². The van der Waals surface area contributed by atoms with Crippen LogP contribution in [0.1, 0.15) is 17.0 Å². The lowest BCUT2D eigenvalue weighted by Gasteiger charge is -2.16. The Hall–Kier alpha value is -2.90. The van der Waals surface area contributed by atoms with E-state index in [-0.39, 0.29) is 28.1 Å². The first kappa shape index (κ1) is 18.9. The predicted octanol–water partition coefficient (Wildman–Crippen LogP) is 5.86. The van der Waals surface area contributed by atoms with Crippen LogP contribution in [-0.2, 0) is 6.18 Å². The minimum absolute atomic E-state index is 0.0114. The second-order valence-electron chi connectivity index (χ2n) is 5.94. The first-order valence-electron chi connectivity index (χ1n) is 7.76. The smallest absolute Gasteiger partial charge is 0.207 e. The zero-order valence-corrected chi connectivity index (χ0v) is 14.1. The van der Waals surface area contributed by atoms with E-state index in [1.165, 1.54) is 26.0 Å². The molecule has 140 valence electrons. The number of hydrogen-bond donors (Lipinski definition) is 0. The summed E-state index contributed by atoms with van der Waals surface area (Å²) in [5, 5.41) is 7.74. The van der Waals surface area contributed by atoms with E-state index in [0.29, 0.717) is 12.1 Å². The highest BCUT2D eigenvalue weighted by Gasteiger charge is 2.30. The van der Waals surface area contributed by atoms with Crippen LogP contribution >= 0.6 is 0 Å². The average molecular weight is 382 g/mol. The monoisotopic (exact) mass is 382 g/mol. The molecular weight excluding hydrogens is 370 g/mol. The normalized spacial score (nSPS) is 11.7. The minimum Gasteiger partial charge on any atom is -0.207 e. The fraction of sp³-hybridized carbons (Fsp3) is 0.158. The minimum atomic E-state index is -4.52. The van der Waals surface area contributed by atoms with Gasteiger partial charge in [0, 0.05) is 23.3 Å². The quantitative estimate of drug-likeness (QED) is 0.519. The van der Waals surface area contributed by atoms with Crippen molar-refractivity contribution in [1.82, 2.24) is 10.2 Å². The number of nitrogens with zero attached hydrogens (tertiary/aromatic N) is 2. The van der Waals surface area contributed by atoms with Gasteiger partial charge in [0.1, 0.15) is 17.5 Å². The summed E-state index contributed by atoms with van der Waals surface area (Å²) in [4.78, 5) is 0. The SMILES string of the molecule is Cc1nnc(C)c(-c2c(F)cc(F)cc2F)c1-c1ccc(C(F)(F)F)cc1. The van der Waals surface area contributed by atoms with Crippen molar-refractivity contribution < 1.29 is 26.3 Å². The lowest BCUT2D eigenvalue weighted by Crippen LogP contribution is -2.05. The van der Waals surface area contributed by atoms with Gasteiger partial charge in [-0.3, -0.25) is 0 Å². The molecule has 3 aromatic rings. The molecule has 0 saturated carbocycles. The molecule has 0 saturated heterocycles. The molecule has 2 aromatic carbocycles. The van der Waals surface area contributed by atoms with E-state index in [9.17, 15) is 26.3 Å². The Kier molecular flexibility index (Phi) is 4.67. The highest BCUT2D eigenvalue weighted by atomic mass is 19.4. The largest absolute Gasteiger partial charge is 0.416 e. The van der Waals surface area contributed by atoms with E-state index in [0.717, 1.165) is 12.1 Å². The van der Waals surface area contributed by atoms with E-state index in [2.05, 4.69) is 10.2 Å². The summed E-state index contributed by atoms with van der Waals surface area (Å²) in [6.07, 6.45) is -4.52. The molecule has 0 unspecified atom stereocenters. The second-order valence-corrected chi connectivity index (χ2v) is 5.94. The van der Waals surface area contributed by atoms with E-state index in [1.807, 2.05) is 0 Å². The van der Waals surface area contributed by atoms with Crippen LogP contribution in [0.2, 0.25) is 0 Å². The molecule has 2 nitrogen and oxygen atoms in total. The first-order chi connectivity index (χ1) is 12.6. The van der Waals surface area contributed by atoms with Gasteiger partial charge in [0.25, 0.3) is 0 Å². The predicted molar refractivity (Wildman–Crippen MR) is 87.3 cm³/mol.